The summed E-state index contributed by atoms with van der Waals surface area (Å²) in [6.07, 6.45) is 5.06. The predicted molar refractivity (Wildman–Crippen MR) is 98.7 cm³/mol. The zero-order valence-corrected chi connectivity index (χ0v) is 14.9. The highest BCUT2D eigenvalue weighted by molar-refractivity contribution is 5.96. The van der Waals surface area contributed by atoms with Gasteiger partial charge < -0.3 is 21.1 Å². The highest BCUT2D eigenvalue weighted by Crippen LogP contribution is 2.47. The van der Waals surface area contributed by atoms with Crippen molar-refractivity contribution < 1.29 is 14.3 Å². The lowest BCUT2D eigenvalue weighted by Gasteiger charge is -2.27. The Kier molecular flexibility index (Phi) is 4.96. The second-order valence-corrected chi connectivity index (χ2v) is 7.86. The number of rotatable bonds is 4. The molecule has 2 amide bonds. The molecule has 26 heavy (non-hydrogen) atoms. The van der Waals surface area contributed by atoms with E-state index < -0.39 is 0 Å². The summed E-state index contributed by atoms with van der Waals surface area (Å²) in [6, 6.07) is 7.24. The quantitative estimate of drug-likeness (QED) is 0.767. The van der Waals surface area contributed by atoms with Crippen molar-refractivity contribution in [3.05, 3.63) is 29.8 Å². The lowest BCUT2D eigenvalue weighted by Crippen LogP contribution is -2.42. The van der Waals surface area contributed by atoms with Gasteiger partial charge in [-0.3, -0.25) is 9.59 Å². The smallest absolute Gasteiger partial charge is 0.251 e. The van der Waals surface area contributed by atoms with Gasteiger partial charge in [-0.15, -0.1) is 0 Å². The number of carbonyl (C=O) groups is 2. The number of anilines is 1. The van der Waals surface area contributed by atoms with Crippen molar-refractivity contribution >= 4 is 17.5 Å². The van der Waals surface area contributed by atoms with Crippen LogP contribution in [0.3, 0.4) is 0 Å². The third kappa shape index (κ3) is 3.48. The zero-order valence-electron chi connectivity index (χ0n) is 14.9. The van der Waals surface area contributed by atoms with E-state index in [1.165, 1.54) is 0 Å². The Morgan fingerprint density at radius 2 is 1.69 bits per heavy atom. The molecule has 1 heterocycles. The summed E-state index contributed by atoms with van der Waals surface area (Å²) in [4.78, 5) is 24.9. The van der Waals surface area contributed by atoms with Gasteiger partial charge in [0.1, 0.15) is 0 Å². The monoisotopic (exact) mass is 357 g/mol. The van der Waals surface area contributed by atoms with Crippen LogP contribution >= 0.6 is 0 Å². The fourth-order valence-corrected chi connectivity index (χ4v) is 4.77. The standard InChI is InChI=1S/C20H27N3O3/c21-18-14-2-1-13(11-14)17(18)20(25)23-15-5-3-12(4-6-15)19(24)22-16-7-9-26-10-8-16/h3-6,13-14,16-18H,1-2,7-11,21H2,(H,22,24)(H,23,25). The second kappa shape index (κ2) is 7.37. The molecule has 4 atom stereocenters. The van der Waals surface area contributed by atoms with Crippen molar-refractivity contribution in [1.29, 1.82) is 0 Å². The fourth-order valence-electron chi connectivity index (χ4n) is 4.77. The van der Waals surface area contributed by atoms with E-state index in [0.717, 1.165) is 32.1 Å². The molecule has 0 spiro atoms. The molecule has 1 aromatic rings. The van der Waals surface area contributed by atoms with Crippen molar-refractivity contribution in [3.63, 3.8) is 0 Å². The molecule has 6 nitrogen and oxygen atoms in total. The molecule has 2 saturated carbocycles. The van der Waals surface area contributed by atoms with E-state index >= 15 is 0 Å². The molecule has 6 heteroatoms. The molecular formula is C20H27N3O3. The minimum Gasteiger partial charge on any atom is -0.381 e. The van der Waals surface area contributed by atoms with Gasteiger partial charge >= 0.3 is 0 Å². The number of benzene rings is 1. The van der Waals surface area contributed by atoms with Crippen LogP contribution in [-0.2, 0) is 9.53 Å². The minimum atomic E-state index is -0.0788. The van der Waals surface area contributed by atoms with Crippen LogP contribution in [0.5, 0.6) is 0 Å². The topological polar surface area (TPSA) is 93.5 Å². The number of carbonyl (C=O) groups excluding carboxylic acids is 2. The molecule has 0 aromatic heterocycles. The summed E-state index contributed by atoms with van der Waals surface area (Å²) in [7, 11) is 0. The van der Waals surface area contributed by atoms with E-state index in [1.807, 2.05) is 0 Å². The van der Waals surface area contributed by atoms with Gasteiger partial charge in [-0.25, -0.2) is 0 Å². The normalized spacial score (nSPS) is 31.0. The number of hydrogen-bond donors (Lipinski definition) is 3. The molecule has 3 aliphatic rings. The summed E-state index contributed by atoms with van der Waals surface area (Å²) in [6.45, 7) is 1.39. The van der Waals surface area contributed by atoms with E-state index in [9.17, 15) is 9.59 Å². The van der Waals surface area contributed by atoms with Crippen molar-refractivity contribution in [2.24, 2.45) is 23.5 Å². The molecule has 1 aliphatic heterocycles. The number of hydrogen-bond acceptors (Lipinski definition) is 4. The van der Waals surface area contributed by atoms with Crippen LogP contribution in [0.15, 0.2) is 24.3 Å². The number of fused-ring (bicyclic) bond motifs is 2. The van der Waals surface area contributed by atoms with E-state index in [2.05, 4.69) is 10.6 Å². The molecule has 140 valence electrons. The van der Waals surface area contributed by atoms with Gasteiger partial charge in [-0.05, 0) is 68.2 Å². The third-order valence-corrected chi connectivity index (χ3v) is 6.25. The maximum atomic E-state index is 12.6. The Morgan fingerprint density at radius 1 is 1.00 bits per heavy atom. The maximum absolute atomic E-state index is 12.6. The molecule has 4 N–H and O–H groups in total. The Bertz CT molecular complexity index is 667. The summed E-state index contributed by atoms with van der Waals surface area (Å²) in [5.74, 6) is 0.797. The second-order valence-electron chi connectivity index (χ2n) is 7.86. The van der Waals surface area contributed by atoms with Gasteiger partial charge in [0, 0.05) is 36.5 Å². The molecule has 2 bridgehead atoms. The Balaban J connectivity index is 1.34. The summed E-state index contributed by atoms with van der Waals surface area (Å²) in [5, 5.41) is 6.02. The number of nitrogens with one attached hydrogen (secondary N) is 2. The number of amides is 2. The van der Waals surface area contributed by atoms with Crippen molar-refractivity contribution in [1.82, 2.24) is 5.32 Å². The SMILES string of the molecule is NC1C2CCC(C2)C1C(=O)Nc1ccc(C(=O)NC2CCOCC2)cc1. The first-order valence-electron chi connectivity index (χ1n) is 9.67. The lowest BCUT2D eigenvalue weighted by molar-refractivity contribution is -0.121. The Labute approximate surface area is 153 Å². The van der Waals surface area contributed by atoms with Crippen LogP contribution in [-0.4, -0.2) is 37.1 Å². The van der Waals surface area contributed by atoms with Gasteiger partial charge in [-0.2, -0.15) is 0 Å². The molecular weight excluding hydrogens is 330 g/mol. The van der Waals surface area contributed by atoms with E-state index in [-0.39, 0.29) is 29.8 Å². The molecule has 0 radical (unpaired) electrons. The number of nitrogens with two attached hydrogens (primary N) is 1. The Hall–Kier alpha value is -1.92. The van der Waals surface area contributed by atoms with Crippen LogP contribution in [0.2, 0.25) is 0 Å². The van der Waals surface area contributed by atoms with Gasteiger partial charge in [0.25, 0.3) is 5.91 Å². The average Bonchev–Trinajstić information content (AvgIpc) is 3.24. The summed E-state index contributed by atoms with van der Waals surface area (Å²) < 4.78 is 5.31. The van der Waals surface area contributed by atoms with Crippen molar-refractivity contribution in [2.75, 3.05) is 18.5 Å². The van der Waals surface area contributed by atoms with E-state index in [0.29, 0.717) is 36.3 Å². The van der Waals surface area contributed by atoms with Gasteiger partial charge in [0.05, 0.1) is 5.92 Å². The first-order valence-corrected chi connectivity index (χ1v) is 9.67. The molecule has 2 aliphatic carbocycles. The van der Waals surface area contributed by atoms with E-state index in [4.69, 9.17) is 10.5 Å². The van der Waals surface area contributed by atoms with Crippen LogP contribution in [0.1, 0.15) is 42.5 Å². The largest absolute Gasteiger partial charge is 0.381 e. The van der Waals surface area contributed by atoms with Crippen LogP contribution in [0.4, 0.5) is 5.69 Å². The molecule has 1 aromatic carbocycles. The van der Waals surface area contributed by atoms with Gasteiger partial charge in [0.15, 0.2) is 0 Å². The third-order valence-electron chi connectivity index (χ3n) is 6.25. The first-order chi connectivity index (χ1) is 12.6. The first kappa shape index (κ1) is 17.5. The predicted octanol–water partition coefficient (Wildman–Crippen LogP) is 1.91. The molecule has 4 unspecified atom stereocenters. The lowest BCUT2D eigenvalue weighted by atomic mass is 9.84. The van der Waals surface area contributed by atoms with Crippen molar-refractivity contribution in [3.8, 4) is 0 Å². The van der Waals surface area contributed by atoms with Crippen molar-refractivity contribution in [2.45, 2.75) is 44.2 Å². The van der Waals surface area contributed by atoms with Gasteiger partial charge in [-0.1, -0.05) is 0 Å². The maximum Gasteiger partial charge on any atom is 0.251 e. The molecule has 1 saturated heterocycles. The number of ether oxygens (including phenoxy) is 1. The Morgan fingerprint density at radius 3 is 2.35 bits per heavy atom. The molecule has 3 fully saturated rings. The molecule has 4 rings (SSSR count). The summed E-state index contributed by atoms with van der Waals surface area (Å²) >= 11 is 0. The van der Waals surface area contributed by atoms with Crippen LogP contribution in [0.25, 0.3) is 0 Å². The average molecular weight is 357 g/mol. The zero-order chi connectivity index (χ0) is 18.1. The van der Waals surface area contributed by atoms with Crippen LogP contribution < -0.4 is 16.4 Å². The highest BCUT2D eigenvalue weighted by Gasteiger charge is 2.49. The fraction of sp³-hybridized carbons (Fsp3) is 0.600. The highest BCUT2D eigenvalue weighted by atomic mass is 16.5. The van der Waals surface area contributed by atoms with E-state index in [1.54, 1.807) is 24.3 Å². The van der Waals surface area contributed by atoms with Crippen LogP contribution in [0, 0.1) is 17.8 Å². The minimum absolute atomic E-state index is 0.0155. The van der Waals surface area contributed by atoms with Gasteiger partial charge in [0.2, 0.25) is 5.91 Å². The summed E-state index contributed by atoms with van der Waals surface area (Å²) in [5.41, 5.74) is 7.57.